The van der Waals surface area contributed by atoms with E-state index in [1.165, 1.54) is 21.0 Å². The molecule has 2 aromatic rings. The Bertz CT molecular complexity index is 924. The van der Waals surface area contributed by atoms with E-state index in [1.54, 1.807) is 23.1 Å². The van der Waals surface area contributed by atoms with Crippen molar-refractivity contribution in [3.63, 3.8) is 0 Å². The fourth-order valence-corrected chi connectivity index (χ4v) is 6.38. The molecule has 9 nitrogen and oxygen atoms in total. The van der Waals surface area contributed by atoms with E-state index in [0.717, 1.165) is 17.5 Å². The van der Waals surface area contributed by atoms with Gasteiger partial charge in [-0.3, -0.25) is 10.3 Å². The van der Waals surface area contributed by atoms with Crippen LogP contribution in [0.25, 0.3) is 5.00 Å². The van der Waals surface area contributed by atoms with Crippen molar-refractivity contribution >= 4 is 29.0 Å². The first-order valence-corrected chi connectivity index (χ1v) is 12.2. The third-order valence-corrected chi connectivity index (χ3v) is 7.64. The van der Waals surface area contributed by atoms with Gasteiger partial charge in [0.1, 0.15) is 11.2 Å². The van der Waals surface area contributed by atoms with Crippen molar-refractivity contribution in [1.29, 1.82) is 0 Å². The Morgan fingerprint density at radius 1 is 1.30 bits per heavy atom. The third kappa shape index (κ3) is 3.46. The average molecular weight is 453 g/mol. The van der Waals surface area contributed by atoms with Gasteiger partial charge in [0.25, 0.3) is 0 Å². The summed E-state index contributed by atoms with van der Waals surface area (Å²) in [6.45, 7) is 10.9. The predicted molar refractivity (Wildman–Crippen MR) is 116 cm³/mol. The number of aromatic nitrogens is 3. The molecular weight excluding hydrogens is 424 g/mol. The number of hydrogen-bond donors (Lipinski definition) is 2. The zero-order chi connectivity index (χ0) is 20.9. The van der Waals surface area contributed by atoms with Crippen molar-refractivity contribution < 1.29 is 14.2 Å². The molecule has 0 bridgehead atoms. The van der Waals surface area contributed by atoms with Crippen molar-refractivity contribution in [2.75, 3.05) is 30.6 Å². The van der Waals surface area contributed by atoms with Gasteiger partial charge in [0.05, 0.1) is 24.6 Å². The summed E-state index contributed by atoms with van der Waals surface area (Å²) in [6, 6.07) is 0. The molecule has 3 aliphatic rings. The second kappa shape index (κ2) is 8.05. The Labute approximate surface area is 184 Å². The highest BCUT2D eigenvalue weighted by molar-refractivity contribution is 7.99. The molecule has 2 N–H and O–H groups in total. The lowest BCUT2D eigenvalue weighted by molar-refractivity contribution is -0.120. The monoisotopic (exact) mass is 452 g/mol. The van der Waals surface area contributed by atoms with Crippen LogP contribution in [0.2, 0.25) is 0 Å². The molecule has 0 amide bonds. The van der Waals surface area contributed by atoms with Crippen LogP contribution < -0.4 is 15.8 Å². The predicted octanol–water partition coefficient (Wildman–Crippen LogP) is 2.56. The van der Waals surface area contributed by atoms with E-state index >= 15 is 0 Å². The van der Waals surface area contributed by atoms with Crippen LogP contribution in [0.3, 0.4) is 0 Å². The van der Waals surface area contributed by atoms with Crippen molar-refractivity contribution in [2.45, 2.75) is 63.9 Å². The molecule has 5 heterocycles. The van der Waals surface area contributed by atoms with Crippen LogP contribution in [0.1, 0.15) is 49.9 Å². The van der Waals surface area contributed by atoms with Gasteiger partial charge in [-0.05, 0) is 33.3 Å². The van der Waals surface area contributed by atoms with Gasteiger partial charge in [-0.15, -0.1) is 21.5 Å². The lowest BCUT2D eigenvalue weighted by atomic mass is 9.92. The second-order valence-electron chi connectivity index (χ2n) is 8.03. The van der Waals surface area contributed by atoms with Crippen LogP contribution in [-0.4, -0.2) is 52.3 Å². The number of rotatable bonds is 7. The average Bonchev–Trinajstić information content (AvgIpc) is 3.41. The third-order valence-electron chi connectivity index (χ3n) is 5.47. The SMILES string of the molecule is CCOC(CSc1nnc2n1-c1sc3c(c1C1NCNN21)CC(C)(C)OC3)OCC. The van der Waals surface area contributed by atoms with E-state index in [9.17, 15) is 0 Å². The molecule has 1 unspecified atom stereocenters. The van der Waals surface area contributed by atoms with Gasteiger partial charge < -0.3 is 14.2 Å². The number of hydrogen-bond acceptors (Lipinski definition) is 10. The van der Waals surface area contributed by atoms with Crippen molar-refractivity contribution in [2.24, 2.45) is 0 Å². The summed E-state index contributed by atoms with van der Waals surface area (Å²) in [7, 11) is 0. The number of thioether (sulfide) groups is 1. The molecule has 3 aliphatic heterocycles. The number of thiophene rings is 1. The molecule has 0 radical (unpaired) electrons. The van der Waals surface area contributed by atoms with Gasteiger partial charge >= 0.3 is 0 Å². The number of hydrazine groups is 1. The number of nitrogens with one attached hydrogen (secondary N) is 2. The van der Waals surface area contributed by atoms with Crippen molar-refractivity contribution in [3.8, 4) is 5.00 Å². The highest BCUT2D eigenvalue weighted by atomic mass is 32.2. The van der Waals surface area contributed by atoms with Gasteiger partial charge in [-0.2, -0.15) is 0 Å². The lowest BCUT2D eigenvalue weighted by Gasteiger charge is -2.34. The molecule has 5 rings (SSSR count). The number of fused-ring (bicyclic) bond motifs is 8. The van der Waals surface area contributed by atoms with Gasteiger partial charge in [-0.25, -0.2) is 9.99 Å². The Kier molecular flexibility index (Phi) is 5.55. The van der Waals surface area contributed by atoms with Crippen LogP contribution in [0.4, 0.5) is 5.95 Å². The molecular formula is C19H28N6O3S2. The van der Waals surface area contributed by atoms with E-state index in [1.807, 2.05) is 13.8 Å². The zero-order valence-corrected chi connectivity index (χ0v) is 19.4. The van der Waals surface area contributed by atoms with E-state index in [0.29, 0.717) is 32.2 Å². The molecule has 0 saturated carbocycles. The van der Waals surface area contributed by atoms with Crippen LogP contribution in [0, 0.1) is 0 Å². The molecule has 1 fully saturated rings. The molecule has 1 saturated heterocycles. The summed E-state index contributed by atoms with van der Waals surface area (Å²) in [4.78, 5) is 1.30. The van der Waals surface area contributed by atoms with E-state index < -0.39 is 0 Å². The Morgan fingerprint density at radius 3 is 2.87 bits per heavy atom. The summed E-state index contributed by atoms with van der Waals surface area (Å²) >= 11 is 3.40. The van der Waals surface area contributed by atoms with Gasteiger partial charge in [0.15, 0.2) is 11.4 Å². The zero-order valence-electron chi connectivity index (χ0n) is 17.7. The molecule has 0 spiro atoms. The van der Waals surface area contributed by atoms with E-state index in [4.69, 9.17) is 14.2 Å². The number of nitrogens with zero attached hydrogens (tertiary/aromatic N) is 4. The van der Waals surface area contributed by atoms with Crippen molar-refractivity contribution in [3.05, 3.63) is 16.0 Å². The molecule has 0 aliphatic carbocycles. The minimum absolute atomic E-state index is 0.0584. The first kappa shape index (κ1) is 20.7. The normalized spacial score (nSPS) is 21.5. The van der Waals surface area contributed by atoms with Crippen LogP contribution >= 0.6 is 23.1 Å². The summed E-state index contributed by atoms with van der Waals surface area (Å²) in [5.41, 5.74) is 5.96. The smallest absolute Gasteiger partial charge is 0.249 e. The van der Waals surface area contributed by atoms with Crippen LogP contribution in [0.5, 0.6) is 0 Å². The standard InChI is InChI=1S/C19H28N6O3S2/c1-5-26-13(27-6-2)9-29-18-23-22-17-24(18)16-14(15-20-10-21-25(15)17)11-7-19(3,4)28-8-12(11)30-16/h13,15,20-21H,5-10H2,1-4H3. The molecule has 11 heteroatoms. The summed E-state index contributed by atoms with van der Waals surface area (Å²) in [5, 5.41) is 16.7. The Hall–Kier alpha value is -1.21. The van der Waals surface area contributed by atoms with Crippen molar-refractivity contribution in [1.82, 2.24) is 25.5 Å². The molecule has 164 valence electrons. The van der Waals surface area contributed by atoms with Gasteiger partial charge in [-0.1, -0.05) is 11.8 Å². The maximum atomic E-state index is 6.10. The summed E-state index contributed by atoms with van der Waals surface area (Å²) < 4.78 is 19.7. The Morgan fingerprint density at radius 2 is 2.10 bits per heavy atom. The molecule has 2 aromatic heterocycles. The minimum Gasteiger partial charge on any atom is -0.370 e. The fourth-order valence-electron chi connectivity index (χ4n) is 4.18. The largest absolute Gasteiger partial charge is 0.370 e. The topological polar surface area (TPSA) is 85.7 Å². The minimum atomic E-state index is -0.258. The van der Waals surface area contributed by atoms with Gasteiger partial charge in [0.2, 0.25) is 5.95 Å². The van der Waals surface area contributed by atoms with E-state index in [-0.39, 0.29) is 18.1 Å². The fraction of sp³-hybridized carbons (Fsp3) is 0.684. The highest BCUT2D eigenvalue weighted by Gasteiger charge is 2.43. The Balaban J connectivity index is 1.52. The summed E-state index contributed by atoms with van der Waals surface area (Å²) in [5.74, 6) is 1.47. The van der Waals surface area contributed by atoms with Gasteiger partial charge in [0, 0.05) is 30.1 Å². The van der Waals surface area contributed by atoms with E-state index in [2.05, 4.69) is 44.4 Å². The first-order chi connectivity index (χ1) is 14.5. The summed E-state index contributed by atoms with van der Waals surface area (Å²) in [6.07, 6.45) is 0.700. The van der Waals surface area contributed by atoms with Crippen LogP contribution in [0.15, 0.2) is 5.16 Å². The first-order valence-electron chi connectivity index (χ1n) is 10.4. The molecule has 30 heavy (non-hydrogen) atoms. The highest BCUT2D eigenvalue weighted by Crippen LogP contribution is 2.48. The maximum absolute atomic E-state index is 6.10. The molecule has 0 aromatic carbocycles. The number of ether oxygens (including phenoxy) is 3. The quantitative estimate of drug-likeness (QED) is 0.486. The lowest BCUT2D eigenvalue weighted by Crippen LogP contribution is -2.40. The van der Waals surface area contributed by atoms with Crippen LogP contribution in [-0.2, 0) is 27.2 Å². The molecule has 1 atom stereocenters. The number of anilines is 1. The maximum Gasteiger partial charge on any atom is 0.249 e. The second-order valence-corrected chi connectivity index (χ2v) is 10.1.